The van der Waals surface area contributed by atoms with Gasteiger partial charge in [0.25, 0.3) is 0 Å². The van der Waals surface area contributed by atoms with E-state index in [0.717, 1.165) is 5.92 Å². The molecule has 1 rings (SSSR count). The van der Waals surface area contributed by atoms with E-state index < -0.39 is 0 Å². The van der Waals surface area contributed by atoms with Gasteiger partial charge in [-0.3, -0.25) is 4.90 Å². The lowest BCUT2D eigenvalue weighted by Crippen LogP contribution is -2.38. The first kappa shape index (κ1) is 15.0. The van der Waals surface area contributed by atoms with Crippen molar-refractivity contribution < 1.29 is 0 Å². The van der Waals surface area contributed by atoms with E-state index in [1.165, 1.54) is 45.3 Å². The van der Waals surface area contributed by atoms with E-state index in [1.54, 1.807) is 0 Å². The van der Waals surface area contributed by atoms with E-state index >= 15 is 0 Å². The van der Waals surface area contributed by atoms with Gasteiger partial charge in [-0.05, 0) is 86.0 Å². The van der Waals surface area contributed by atoms with Crippen molar-refractivity contribution in [1.82, 2.24) is 9.80 Å². The van der Waals surface area contributed by atoms with Crippen molar-refractivity contribution in [2.24, 2.45) is 5.92 Å². The van der Waals surface area contributed by atoms with Gasteiger partial charge in [0.15, 0.2) is 0 Å². The first-order valence-corrected chi connectivity index (χ1v) is 7.45. The molecule has 1 fully saturated rings. The van der Waals surface area contributed by atoms with E-state index in [-0.39, 0.29) is 0 Å². The summed E-state index contributed by atoms with van der Waals surface area (Å²) in [4.78, 5) is 5.08. The molecular formula is C15H32N2. The molecule has 102 valence electrons. The lowest BCUT2D eigenvalue weighted by atomic mass is 9.92. The molecule has 17 heavy (non-hydrogen) atoms. The maximum Gasteiger partial charge on any atom is 0.00412 e. The van der Waals surface area contributed by atoms with Gasteiger partial charge in [-0.2, -0.15) is 0 Å². The molecule has 1 aliphatic rings. The summed E-state index contributed by atoms with van der Waals surface area (Å²) in [5, 5.41) is 0. The van der Waals surface area contributed by atoms with Gasteiger partial charge in [-0.25, -0.2) is 0 Å². The zero-order chi connectivity index (χ0) is 12.8. The van der Waals surface area contributed by atoms with Crippen LogP contribution in [0.3, 0.4) is 0 Å². The molecule has 1 heterocycles. The predicted octanol–water partition coefficient (Wildman–Crippen LogP) is 3.23. The molecule has 1 saturated heterocycles. The molecular weight excluding hydrogens is 208 g/mol. The van der Waals surface area contributed by atoms with Crippen molar-refractivity contribution in [3.63, 3.8) is 0 Å². The normalized spacial score (nSPS) is 19.8. The van der Waals surface area contributed by atoms with E-state index in [1.807, 2.05) is 0 Å². The molecule has 0 aromatic heterocycles. The van der Waals surface area contributed by atoms with Gasteiger partial charge in [0, 0.05) is 12.1 Å². The van der Waals surface area contributed by atoms with Crippen molar-refractivity contribution in [1.29, 1.82) is 0 Å². The number of rotatable bonds is 6. The maximum absolute atomic E-state index is 2.62. The molecule has 0 bridgehead atoms. The van der Waals surface area contributed by atoms with Crippen LogP contribution < -0.4 is 0 Å². The number of likely N-dealkylation sites (tertiary alicyclic amines) is 1. The van der Waals surface area contributed by atoms with Crippen LogP contribution in [0.4, 0.5) is 0 Å². The van der Waals surface area contributed by atoms with E-state index in [0.29, 0.717) is 12.1 Å². The second-order valence-electron chi connectivity index (χ2n) is 6.31. The molecule has 0 N–H and O–H groups in total. The third kappa shape index (κ3) is 5.39. The van der Waals surface area contributed by atoms with Gasteiger partial charge in [0.05, 0.1) is 0 Å². The Balaban J connectivity index is 2.18. The Hall–Kier alpha value is -0.0800. The smallest absolute Gasteiger partial charge is 0.00412 e. The van der Waals surface area contributed by atoms with Gasteiger partial charge in [-0.1, -0.05) is 0 Å². The lowest BCUT2D eigenvalue weighted by Gasteiger charge is -2.32. The van der Waals surface area contributed by atoms with Crippen LogP contribution in [-0.2, 0) is 0 Å². The van der Waals surface area contributed by atoms with Crippen LogP contribution in [0.1, 0.15) is 53.4 Å². The fourth-order valence-electron chi connectivity index (χ4n) is 3.03. The molecule has 0 radical (unpaired) electrons. The highest BCUT2D eigenvalue weighted by Gasteiger charge is 2.18. The third-order valence-corrected chi connectivity index (χ3v) is 4.19. The zero-order valence-corrected chi connectivity index (χ0v) is 12.6. The summed E-state index contributed by atoms with van der Waals surface area (Å²) in [7, 11) is 2.25. The molecule has 0 amide bonds. The highest BCUT2D eigenvalue weighted by molar-refractivity contribution is 4.72. The molecule has 0 aromatic rings. The van der Waals surface area contributed by atoms with Gasteiger partial charge < -0.3 is 4.90 Å². The van der Waals surface area contributed by atoms with Crippen LogP contribution in [0.15, 0.2) is 0 Å². The quantitative estimate of drug-likeness (QED) is 0.703. The largest absolute Gasteiger partial charge is 0.306 e. The minimum Gasteiger partial charge on any atom is -0.306 e. The molecule has 0 unspecified atom stereocenters. The van der Waals surface area contributed by atoms with E-state index in [4.69, 9.17) is 0 Å². The Bertz CT molecular complexity index is 185. The fraction of sp³-hybridized carbons (Fsp3) is 1.00. The summed E-state index contributed by atoms with van der Waals surface area (Å²) >= 11 is 0. The molecule has 1 aliphatic heterocycles. The topological polar surface area (TPSA) is 6.48 Å². The van der Waals surface area contributed by atoms with Crippen LogP contribution in [0.25, 0.3) is 0 Å². The molecule has 2 nitrogen and oxygen atoms in total. The Morgan fingerprint density at radius 3 is 2.06 bits per heavy atom. The highest BCUT2D eigenvalue weighted by atomic mass is 15.2. The molecule has 2 heteroatoms. The second kappa shape index (κ2) is 7.38. The lowest BCUT2D eigenvalue weighted by molar-refractivity contribution is 0.158. The van der Waals surface area contributed by atoms with Crippen LogP contribution >= 0.6 is 0 Å². The van der Waals surface area contributed by atoms with Crippen molar-refractivity contribution in [2.75, 3.05) is 26.7 Å². The van der Waals surface area contributed by atoms with Gasteiger partial charge in [0.2, 0.25) is 0 Å². The Labute approximate surface area is 108 Å². The predicted molar refractivity (Wildman–Crippen MR) is 76.4 cm³/mol. The first-order chi connectivity index (χ1) is 8.00. The molecule has 0 atom stereocenters. The summed E-state index contributed by atoms with van der Waals surface area (Å²) < 4.78 is 0. The molecule has 0 saturated carbocycles. The van der Waals surface area contributed by atoms with Gasteiger partial charge >= 0.3 is 0 Å². The third-order valence-electron chi connectivity index (χ3n) is 4.19. The summed E-state index contributed by atoms with van der Waals surface area (Å²) in [6, 6.07) is 1.37. The van der Waals surface area contributed by atoms with Crippen LogP contribution in [0, 0.1) is 5.92 Å². The summed E-state index contributed by atoms with van der Waals surface area (Å²) in [6.45, 7) is 13.2. The minimum absolute atomic E-state index is 0.687. The van der Waals surface area contributed by atoms with Crippen LogP contribution in [0.2, 0.25) is 0 Å². The van der Waals surface area contributed by atoms with E-state index in [9.17, 15) is 0 Å². The Morgan fingerprint density at radius 2 is 1.59 bits per heavy atom. The summed E-state index contributed by atoms with van der Waals surface area (Å²) in [5.41, 5.74) is 0. The van der Waals surface area contributed by atoms with Crippen molar-refractivity contribution in [3.8, 4) is 0 Å². The van der Waals surface area contributed by atoms with E-state index in [2.05, 4.69) is 44.5 Å². The highest BCUT2D eigenvalue weighted by Crippen LogP contribution is 2.21. The summed E-state index contributed by atoms with van der Waals surface area (Å²) in [5.74, 6) is 0.993. The first-order valence-electron chi connectivity index (χ1n) is 7.45. The standard InChI is InChI=1S/C15H32N2/c1-13(2)17(14(3)4)10-6-7-15-8-11-16(5)12-9-15/h13-15H,6-12H2,1-5H3. The van der Waals surface area contributed by atoms with Crippen molar-refractivity contribution >= 4 is 0 Å². The molecule has 0 aromatic carbocycles. The second-order valence-corrected chi connectivity index (χ2v) is 6.31. The summed E-state index contributed by atoms with van der Waals surface area (Å²) in [6.07, 6.45) is 5.65. The Morgan fingerprint density at radius 1 is 1.06 bits per heavy atom. The average molecular weight is 240 g/mol. The molecule has 0 aliphatic carbocycles. The number of hydrogen-bond donors (Lipinski definition) is 0. The van der Waals surface area contributed by atoms with Gasteiger partial charge in [0.1, 0.15) is 0 Å². The number of hydrogen-bond acceptors (Lipinski definition) is 2. The van der Waals surface area contributed by atoms with Crippen LogP contribution in [-0.4, -0.2) is 48.6 Å². The van der Waals surface area contributed by atoms with Crippen LogP contribution in [0.5, 0.6) is 0 Å². The monoisotopic (exact) mass is 240 g/mol. The average Bonchev–Trinajstić information content (AvgIpc) is 2.25. The fourth-order valence-corrected chi connectivity index (χ4v) is 3.03. The van der Waals surface area contributed by atoms with Gasteiger partial charge in [-0.15, -0.1) is 0 Å². The number of piperidine rings is 1. The number of nitrogens with zero attached hydrogens (tertiary/aromatic N) is 2. The van der Waals surface area contributed by atoms with Crippen molar-refractivity contribution in [3.05, 3.63) is 0 Å². The Kier molecular flexibility index (Phi) is 6.50. The van der Waals surface area contributed by atoms with Crippen molar-refractivity contribution in [2.45, 2.75) is 65.5 Å². The molecule has 0 spiro atoms. The minimum atomic E-state index is 0.687. The zero-order valence-electron chi connectivity index (χ0n) is 12.6. The SMILES string of the molecule is CC(C)N(CCCC1CCN(C)CC1)C(C)C. The maximum atomic E-state index is 2.62.